The molecule has 1 fully saturated rings. The smallest absolute Gasteiger partial charge is 0.416 e. The average molecular weight is 724 g/mol. The van der Waals surface area contributed by atoms with Crippen molar-refractivity contribution in [2.75, 3.05) is 19.0 Å². The molecule has 7 nitrogen and oxygen atoms in total. The van der Waals surface area contributed by atoms with E-state index in [1.165, 1.54) is 11.8 Å². The third-order valence-electron chi connectivity index (χ3n) is 8.68. The molecule has 1 aliphatic rings. The highest BCUT2D eigenvalue weighted by atomic mass is 35.5. The van der Waals surface area contributed by atoms with Crippen LogP contribution in [0.5, 0.6) is 0 Å². The van der Waals surface area contributed by atoms with Gasteiger partial charge in [-0.25, -0.2) is 4.79 Å². The maximum absolute atomic E-state index is 14.0. The lowest BCUT2D eigenvalue weighted by Crippen LogP contribution is -2.66. The minimum atomic E-state index is -5.06. The van der Waals surface area contributed by atoms with E-state index in [2.05, 4.69) is 11.4 Å². The summed E-state index contributed by atoms with van der Waals surface area (Å²) in [6.07, 6.45) is -11.1. The number of hydrogen-bond donors (Lipinski definition) is 1. The fraction of sp³-hybridized carbons (Fsp3) is 0.417. The van der Waals surface area contributed by atoms with Crippen molar-refractivity contribution in [3.05, 3.63) is 107 Å². The van der Waals surface area contributed by atoms with Crippen LogP contribution in [0.3, 0.4) is 0 Å². The number of nitrogens with one attached hydrogen (secondary N) is 1. The van der Waals surface area contributed by atoms with Gasteiger partial charge >= 0.3 is 18.4 Å². The van der Waals surface area contributed by atoms with Gasteiger partial charge in [-0.15, -0.1) is 11.6 Å². The van der Waals surface area contributed by atoms with Gasteiger partial charge < -0.3 is 14.8 Å². The van der Waals surface area contributed by atoms with Crippen LogP contribution in [-0.2, 0) is 38.8 Å². The lowest BCUT2D eigenvalue weighted by molar-refractivity contribution is -0.143. The van der Waals surface area contributed by atoms with Gasteiger partial charge in [0.05, 0.1) is 42.0 Å². The molecule has 268 valence electrons. The molecule has 0 spiro atoms. The number of nitriles is 1. The Morgan fingerprint density at radius 2 is 1.54 bits per heavy atom. The molecule has 0 unspecified atom stereocenters. The number of alkyl halides is 7. The first kappa shape index (κ1) is 38.5. The monoisotopic (exact) mass is 723 g/mol. The van der Waals surface area contributed by atoms with Crippen LogP contribution in [0.2, 0.25) is 0 Å². The molecule has 3 aromatic carbocycles. The molecule has 1 saturated heterocycles. The minimum absolute atomic E-state index is 0.0100. The molecule has 50 heavy (non-hydrogen) atoms. The zero-order chi connectivity index (χ0) is 36.6. The number of rotatable bonds is 12. The number of carbonyl (C=O) groups is 2. The summed E-state index contributed by atoms with van der Waals surface area (Å²) >= 11 is 5.74. The van der Waals surface area contributed by atoms with Crippen LogP contribution in [0.25, 0.3) is 0 Å². The number of nitrogens with zero attached hydrogens (tertiary/aromatic N) is 2. The molecule has 1 aliphatic heterocycles. The number of amides is 2. The van der Waals surface area contributed by atoms with Crippen molar-refractivity contribution >= 4 is 23.6 Å². The van der Waals surface area contributed by atoms with Crippen molar-refractivity contribution in [3.8, 4) is 6.07 Å². The Labute approximate surface area is 291 Å². The summed E-state index contributed by atoms with van der Waals surface area (Å²) in [5, 5.41) is 13.2. The number of likely N-dealkylation sites (tertiary alicyclic amines) is 1. The van der Waals surface area contributed by atoms with Gasteiger partial charge in [0.1, 0.15) is 12.1 Å². The van der Waals surface area contributed by atoms with Crippen LogP contribution in [0.15, 0.2) is 78.9 Å². The largest absolute Gasteiger partial charge is 0.445 e. The summed E-state index contributed by atoms with van der Waals surface area (Å²) in [6, 6.07) is 20.7. The highest BCUT2D eigenvalue weighted by Crippen LogP contribution is 2.44. The highest BCUT2D eigenvalue weighted by molar-refractivity contribution is 6.17. The van der Waals surface area contributed by atoms with Crippen LogP contribution in [-0.4, -0.2) is 41.5 Å². The van der Waals surface area contributed by atoms with Gasteiger partial charge in [0.25, 0.3) is 0 Å². The normalized spacial score (nSPS) is 20.1. The van der Waals surface area contributed by atoms with E-state index in [1.807, 2.05) is 0 Å². The predicted molar refractivity (Wildman–Crippen MR) is 173 cm³/mol. The molecule has 2 amide bonds. The quantitative estimate of drug-likeness (QED) is 0.115. The van der Waals surface area contributed by atoms with Gasteiger partial charge in [0, 0.05) is 12.3 Å². The standard InChI is InChI=1S/C36H36ClF6N3O4/c1-25(27-18-29(35(38,39)40)20-30(19-27)36(41,42)43)50-24-34(28-12-6-3-7-13-28)16-15-33(22-44,45-31(47)14-8-9-17-37)23-46(34)32(48)49-21-26-10-4-2-5-11-26/h2-7,10-13,18-20,25H,8-9,14-17,21,23-24H2,1H3,(H,45,47)/t25-,33-,34-/m1/s1. The van der Waals surface area contributed by atoms with Gasteiger partial charge in [-0.05, 0) is 67.5 Å². The fourth-order valence-electron chi connectivity index (χ4n) is 5.88. The Hall–Kier alpha value is -4.28. The molecular weight excluding hydrogens is 688 g/mol. The summed E-state index contributed by atoms with van der Waals surface area (Å²) in [7, 11) is 0. The first-order valence-corrected chi connectivity index (χ1v) is 16.4. The third kappa shape index (κ3) is 9.48. The molecule has 0 aliphatic carbocycles. The second-order valence-electron chi connectivity index (χ2n) is 12.2. The summed E-state index contributed by atoms with van der Waals surface area (Å²) in [5.74, 6) is -0.0651. The zero-order valence-corrected chi connectivity index (χ0v) is 27.9. The molecule has 14 heteroatoms. The van der Waals surface area contributed by atoms with Gasteiger partial charge in [-0.1, -0.05) is 60.7 Å². The van der Waals surface area contributed by atoms with E-state index in [0.717, 1.165) is 0 Å². The van der Waals surface area contributed by atoms with Crippen LogP contribution < -0.4 is 5.32 Å². The van der Waals surface area contributed by atoms with Gasteiger partial charge in [-0.2, -0.15) is 31.6 Å². The number of hydrogen-bond acceptors (Lipinski definition) is 5. The number of piperidine rings is 1. The molecule has 1 heterocycles. The lowest BCUT2D eigenvalue weighted by atomic mass is 9.75. The third-order valence-corrected chi connectivity index (χ3v) is 8.95. The molecule has 0 bridgehead atoms. The highest BCUT2D eigenvalue weighted by Gasteiger charge is 2.53. The minimum Gasteiger partial charge on any atom is -0.445 e. The second kappa shape index (κ2) is 16.2. The zero-order valence-electron chi connectivity index (χ0n) is 27.1. The number of benzene rings is 3. The van der Waals surface area contributed by atoms with Crippen LogP contribution in [0, 0.1) is 11.3 Å². The van der Waals surface area contributed by atoms with Crippen LogP contribution in [0.4, 0.5) is 31.1 Å². The summed E-state index contributed by atoms with van der Waals surface area (Å²) in [6.45, 7) is 0.414. The second-order valence-corrected chi connectivity index (χ2v) is 12.6. The molecule has 0 radical (unpaired) electrons. The van der Waals surface area contributed by atoms with Gasteiger partial charge in [0.15, 0.2) is 0 Å². The first-order chi connectivity index (χ1) is 23.6. The Morgan fingerprint density at radius 1 is 0.940 bits per heavy atom. The van der Waals surface area contributed by atoms with E-state index >= 15 is 0 Å². The topological polar surface area (TPSA) is 91.7 Å². The number of carbonyl (C=O) groups excluding carboxylic acids is 2. The lowest BCUT2D eigenvalue weighted by Gasteiger charge is -2.51. The molecule has 1 N–H and O–H groups in total. The van der Waals surface area contributed by atoms with Gasteiger partial charge in [0.2, 0.25) is 5.91 Å². The number of halogens is 7. The Morgan fingerprint density at radius 3 is 2.10 bits per heavy atom. The molecule has 0 aromatic heterocycles. The van der Waals surface area contributed by atoms with E-state index in [-0.39, 0.29) is 44.0 Å². The summed E-state index contributed by atoms with van der Waals surface area (Å²) < 4.78 is 93.7. The summed E-state index contributed by atoms with van der Waals surface area (Å²) in [4.78, 5) is 28.2. The van der Waals surface area contributed by atoms with E-state index in [9.17, 15) is 41.2 Å². The van der Waals surface area contributed by atoms with Crippen molar-refractivity contribution in [1.29, 1.82) is 5.26 Å². The molecular formula is C36H36ClF6N3O4. The van der Waals surface area contributed by atoms with E-state index in [0.29, 0.717) is 42.0 Å². The Kier molecular flexibility index (Phi) is 12.5. The van der Waals surface area contributed by atoms with E-state index in [1.54, 1.807) is 60.7 Å². The van der Waals surface area contributed by atoms with Crippen molar-refractivity contribution in [2.45, 2.75) is 75.2 Å². The van der Waals surface area contributed by atoms with Crippen LogP contribution >= 0.6 is 11.6 Å². The molecule has 4 rings (SSSR count). The van der Waals surface area contributed by atoms with Crippen LogP contribution in [0.1, 0.15) is 72.9 Å². The van der Waals surface area contributed by atoms with Crippen molar-refractivity contribution < 1.29 is 45.4 Å². The molecule has 0 saturated carbocycles. The number of ether oxygens (including phenoxy) is 2. The summed E-state index contributed by atoms with van der Waals surface area (Å²) in [5.41, 5.74) is -5.13. The molecule has 3 atom stereocenters. The Bertz CT molecular complexity index is 1620. The average Bonchev–Trinajstić information content (AvgIpc) is 3.10. The SMILES string of the molecule is C[C@@H](OC[C@@]1(c2ccccc2)CC[C@](C#N)(NC(=O)CCCCCl)CN1C(=O)OCc1ccccc1)c1cc(C(F)(F)F)cc(C(F)(F)F)c1. The van der Waals surface area contributed by atoms with Crippen molar-refractivity contribution in [3.63, 3.8) is 0 Å². The maximum Gasteiger partial charge on any atom is 0.416 e. The first-order valence-electron chi connectivity index (χ1n) is 15.9. The maximum atomic E-state index is 14.0. The van der Waals surface area contributed by atoms with E-state index < -0.39 is 59.3 Å². The number of unbranched alkanes of at least 4 members (excludes halogenated alkanes) is 1. The van der Waals surface area contributed by atoms with Crippen molar-refractivity contribution in [2.24, 2.45) is 0 Å². The molecule has 3 aromatic rings. The van der Waals surface area contributed by atoms with Crippen molar-refractivity contribution in [1.82, 2.24) is 10.2 Å². The van der Waals surface area contributed by atoms with Gasteiger partial charge in [-0.3, -0.25) is 9.69 Å². The van der Waals surface area contributed by atoms with E-state index in [4.69, 9.17) is 21.1 Å². The predicted octanol–water partition coefficient (Wildman–Crippen LogP) is 8.92. The fourth-order valence-corrected chi connectivity index (χ4v) is 6.07. The Balaban J connectivity index is 1.73.